The number of nitrogens with one attached hydrogen (secondary N) is 1. The number of aromatic nitrogens is 2. The first-order chi connectivity index (χ1) is 16.4. The molecule has 1 N–H and O–H groups in total. The number of benzene rings is 3. The summed E-state index contributed by atoms with van der Waals surface area (Å²) in [6.45, 7) is 2.80. The van der Waals surface area contributed by atoms with Gasteiger partial charge in [0.15, 0.2) is 9.84 Å². The Balaban J connectivity index is 1.47. The van der Waals surface area contributed by atoms with Crippen molar-refractivity contribution in [3.63, 3.8) is 0 Å². The Morgan fingerprint density at radius 2 is 1.56 bits per heavy atom. The van der Waals surface area contributed by atoms with Gasteiger partial charge in [0.1, 0.15) is 5.69 Å². The standard InChI is InChI=1S/C27H27N3O3S/c1-21-13-15-23(16-14-21)26-25(20-30(29-26)19-22-9-4-2-5-10-22)27(31)28-17-8-18-34(32,33)24-11-6-3-7-12-24/h2-7,9-16,20H,8,17-19H2,1H3,(H,28,31). The van der Waals surface area contributed by atoms with Crippen molar-refractivity contribution >= 4 is 15.7 Å². The Kier molecular flexibility index (Phi) is 7.23. The largest absolute Gasteiger partial charge is 0.352 e. The number of carbonyl (C=O) groups is 1. The Morgan fingerprint density at radius 1 is 0.912 bits per heavy atom. The average molecular weight is 474 g/mol. The van der Waals surface area contributed by atoms with Crippen LogP contribution in [0.25, 0.3) is 11.3 Å². The molecule has 3 aromatic carbocycles. The van der Waals surface area contributed by atoms with Gasteiger partial charge < -0.3 is 5.32 Å². The molecule has 0 saturated carbocycles. The lowest BCUT2D eigenvalue weighted by Crippen LogP contribution is -2.26. The fourth-order valence-electron chi connectivity index (χ4n) is 3.67. The van der Waals surface area contributed by atoms with E-state index >= 15 is 0 Å². The molecule has 1 amide bonds. The van der Waals surface area contributed by atoms with Crippen molar-refractivity contribution < 1.29 is 13.2 Å². The minimum absolute atomic E-state index is 0.0324. The van der Waals surface area contributed by atoms with E-state index in [4.69, 9.17) is 5.10 Å². The second-order valence-electron chi connectivity index (χ2n) is 8.18. The summed E-state index contributed by atoms with van der Waals surface area (Å²) < 4.78 is 26.7. The zero-order chi connectivity index (χ0) is 24.0. The van der Waals surface area contributed by atoms with Gasteiger partial charge in [-0.25, -0.2) is 8.42 Å². The van der Waals surface area contributed by atoms with Crippen LogP contribution >= 0.6 is 0 Å². The number of aryl methyl sites for hydroxylation is 1. The predicted molar refractivity (Wildman–Crippen MR) is 133 cm³/mol. The molecule has 1 heterocycles. The van der Waals surface area contributed by atoms with E-state index in [-0.39, 0.29) is 18.2 Å². The summed E-state index contributed by atoms with van der Waals surface area (Å²) in [4.78, 5) is 13.3. The van der Waals surface area contributed by atoms with Crippen LogP contribution in [0.2, 0.25) is 0 Å². The van der Waals surface area contributed by atoms with E-state index in [1.165, 1.54) is 0 Å². The number of nitrogens with zero attached hydrogens (tertiary/aromatic N) is 2. The molecule has 6 nitrogen and oxygen atoms in total. The van der Waals surface area contributed by atoms with Crippen LogP contribution in [0.3, 0.4) is 0 Å². The summed E-state index contributed by atoms with van der Waals surface area (Å²) in [5.74, 6) is -0.304. The van der Waals surface area contributed by atoms with Crippen molar-refractivity contribution in [3.8, 4) is 11.3 Å². The molecule has 174 valence electrons. The highest BCUT2D eigenvalue weighted by Gasteiger charge is 2.19. The normalized spacial score (nSPS) is 11.3. The molecule has 0 atom stereocenters. The number of sulfone groups is 1. The van der Waals surface area contributed by atoms with E-state index in [9.17, 15) is 13.2 Å². The molecule has 34 heavy (non-hydrogen) atoms. The lowest BCUT2D eigenvalue weighted by atomic mass is 10.1. The van der Waals surface area contributed by atoms with Crippen LogP contribution in [0, 0.1) is 6.92 Å². The Labute approximate surface area is 200 Å². The van der Waals surface area contributed by atoms with Gasteiger partial charge in [0, 0.05) is 18.3 Å². The van der Waals surface area contributed by atoms with Gasteiger partial charge in [-0.3, -0.25) is 9.48 Å². The maximum atomic E-state index is 13.1. The van der Waals surface area contributed by atoms with Gasteiger partial charge in [0.2, 0.25) is 0 Å². The van der Waals surface area contributed by atoms with Crippen LogP contribution in [0.5, 0.6) is 0 Å². The first kappa shape index (κ1) is 23.4. The quantitative estimate of drug-likeness (QED) is 0.363. The maximum Gasteiger partial charge on any atom is 0.255 e. The molecule has 0 aliphatic heterocycles. The highest BCUT2D eigenvalue weighted by Crippen LogP contribution is 2.23. The molecular formula is C27H27N3O3S. The lowest BCUT2D eigenvalue weighted by molar-refractivity contribution is 0.0954. The van der Waals surface area contributed by atoms with E-state index in [1.807, 2.05) is 61.5 Å². The first-order valence-electron chi connectivity index (χ1n) is 11.2. The summed E-state index contributed by atoms with van der Waals surface area (Å²) in [5, 5.41) is 7.56. The topological polar surface area (TPSA) is 81.1 Å². The molecule has 1 aromatic heterocycles. The monoisotopic (exact) mass is 473 g/mol. The van der Waals surface area contributed by atoms with Crippen molar-refractivity contribution in [3.05, 3.63) is 108 Å². The van der Waals surface area contributed by atoms with Gasteiger partial charge in [-0.15, -0.1) is 0 Å². The number of rotatable bonds is 9. The van der Waals surface area contributed by atoms with Crippen molar-refractivity contribution in [1.29, 1.82) is 0 Å². The van der Waals surface area contributed by atoms with Crippen LogP contribution in [-0.4, -0.2) is 36.4 Å². The van der Waals surface area contributed by atoms with Gasteiger partial charge in [-0.1, -0.05) is 78.4 Å². The number of carbonyl (C=O) groups excluding carboxylic acids is 1. The van der Waals surface area contributed by atoms with Gasteiger partial charge >= 0.3 is 0 Å². The fraction of sp³-hybridized carbons (Fsp3) is 0.185. The summed E-state index contributed by atoms with van der Waals surface area (Å²) >= 11 is 0. The minimum atomic E-state index is -3.38. The molecule has 0 spiro atoms. The summed E-state index contributed by atoms with van der Waals surface area (Å²) in [6, 6.07) is 26.2. The second-order valence-corrected chi connectivity index (χ2v) is 10.3. The molecule has 0 aliphatic rings. The van der Waals surface area contributed by atoms with Gasteiger partial charge in [0.05, 0.1) is 22.8 Å². The minimum Gasteiger partial charge on any atom is -0.352 e. The highest BCUT2D eigenvalue weighted by molar-refractivity contribution is 7.91. The van der Waals surface area contributed by atoms with Crippen LogP contribution in [0.15, 0.2) is 96.0 Å². The van der Waals surface area contributed by atoms with Crippen molar-refractivity contribution in [2.24, 2.45) is 0 Å². The number of amides is 1. The Morgan fingerprint density at radius 3 is 2.24 bits per heavy atom. The maximum absolute atomic E-state index is 13.1. The number of hydrogen-bond acceptors (Lipinski definition) is 4. The molecule has 0 saturated heterocycles. The predicted octanol–water partition coefficient (Wildman–Crippen LogP) is 4.50. The summed E-state index contributed by atoms with van der Waals surface area (Å²) in [5.41, 5.74) is 4.13. The van der Waals surface area contributed by atoms with Crippen LogP contribution in [0.4, 0.5) is 0 Å². The van der Waals surface area contributed by atoms with Crippen LogP contribution < -0.4 is 5.32 Å². The molecule has 0 aliphatic carbocycles. The second kappa shape index (κ2) is 10.5. The van der Waals surface area contributed by atoms with E-state index in [1.54, 1.807) is 41.2 Å². The van der Waals surface area contributed by atoms with E-state index in [0.29, 0.717) is 29.1 Å². The van der Waals surface area contributed by atoms with E-state index < -0.39 is 9.84 Å². The lowest BCUT2D eigenvalue weighted by Gasteiger charge is -2.07. The summed E-state index contributed by atoms with van der Waals surface area (Å²) in [7, 11) is -3.38. The van der Waals surface area contributed by atoms with E-state index in [2.05, 4.69) is 5.32 Å². The molecule has 4 aromatic rings. The zero-order valence-electron chi connectivity index (χ0n) is 19.0. The SMILES string of the molecule is Cc1ccc(-c2nn(Cc3ccccc3)cc2C(=O)NCCCS(=O)(=O)c2ccccc2)cc1. The Hall–Kier alpha value is -3.71. The van der Waals surface area contributed by atoms with Crippen LogP contribution in [0.1, 0.15) is 27.9 Å². The smallest absolute Gasteiger partial charge is 0.255 e. The third kappa shape index (κ3) is 5.80. The molecular weight excluding hydrogens is 446 g/mol. The number of hydrogen-bond donors (Lipinski definition) is 1. The third-order valence-electron chi connectivity index (χ3n) is 5.50. The van der Waals surface area contributed by atoms with Gasteiger partial charge in [-0.2, -0.15) is 5.10 Å². The molecule has 0 radical (unpaired) electrons. The van der Waals surface area contributed by atoms with Crippen molar-refractivity contribution in [2.45, 2.75) is 24.8 Å². The van der Waals surface area contributed by atoms with E-state index in [0.717, 1.165) is 16.7 Å². The first-order valence-corrected chi connectivity index (χ1v) is 12.8. The molecule has 4 rings (SSSR count). The molecule has 0 unspecified atom stereocenters. The highest BCUT2D eigenvalue weighted by atomic mass is 32.2. The third-order valence-corrected chi connectivity index (χ3v) is 7.31. The molecule has 0 fully saturated rings. The van der Waals surface area contributed by atoms with Crippen molar-refractivity contribution in [2.75, 3.05) is 12.3 Å². The fourth-order valence-corrected chi connectivity index (χ4v) is 5.00. The van der Waals surface area contributed by atoms with Gasteiger partial charge in [0.25, 0.3) is 5.91 Å². The van der Waals surface area contributed by atoms with Crippen molar-refractivity contribution in [1.82, 2.24) is 15.1 Å². The molecule has 0 bridgehead atoms. The molecule has 7 heteroatoms. The zero-order valence-corrected chi connectivity index (χ0v) is 19.8. The van der Waals surface area contributed by atoms with Gasteiger partial charge in [-0.05, 0) is 31.0 Å². The summed E-state index contributed by atoms with van der Waals surface area (Å²) in [6.07, 6.45) is 2.07. The average Bonchev–Trinajstić information content (AvgIpc) is 3.27. The van der Waals surface area contributed by atoms with Crippen LogP contribution in [-0.2, 0) is 16.4 Å². The Bertz CT molecular complexity index is 1350.